The number of nitrogens with one attached hydrogen (secondary N) is 1. The Labute approximate surface area is 108 Å². The number of aromatic nitrogens is 2. The Bertz CT molecular complexity index is 442. The Morgan fingerprint density at radius 1 is 1.53 bits per heavy atom. The fraction of sp³-hybridized carbons (Fsp3) is 0.500. The van der Waals surface area contributed by atoms with Crippen molar-refractivity contribution in [3.8, 4) is 0 Å². The molecule has 1 aliphatic rings. The second-order valence-electron chi connectivity index (χ2n) is 3.89. The maximum atomic E-state index is 11.9. The highest BCUT2D eigenvalue weighted by molar-refractivity contribution is 6.42. The molecule has 1 aromatic rings. The number of hydrogen-bond donors (Lipinski definition) is 1. The lowest BCUT2D eigenvalue weighted by atomic mass is 10.1. The van der Waals surface area contributed by atoms with Crippen molar-refractivity contribution in [3.63, 3.8) is 0 Å². The predicted octanol–water partition coefficient (Wildman–Crippen LogP) is 2.15. The summed E-state index contributed by atoms with van der Waals surface area (Å²) < 4.78 is 5.33. The fourth-order valence-corrected chi connectivity index (χ4v) is 1.93. The van der Waals surface area contributed by atoms with Gasteiger partial charge in [0.15, 0.2) is 11.0 Å². The summed E-state index contributed by atoms with van der Waals surface area (Å²) in [6.45, 7) is 2.35. The summed E-state index contributed by atoms with van der Waals surface area (Å²) in [6.07, 6.45) is 2.05. The molecular formula is C10H11Cl2N3O2. The molecule has 7 heteroatoms. The molecule has 92 valence electrons. The molecule has 17 heavy (non-hydrogen) atoms. The van der Waals surface area contributed by atoms with Crippen LogP contribution < -0.4 is 5.32 Å². The van der Waals surface area contributed by atoms with Crippen LogP contribution in [0.5, 0.6) is 0 Å². The maximum Gasteiger partial charge on any atom is 0.231 e. The van der Waals surface area contributed by atoms with Crippen LogP contribution in [0.4, 0.5) is 5.82 Å². The Morgan fingerprint density at radius 2 is 2.29 bits per heavy atom. The van der Waals surface area contributed by atoms with Gasteiger partial charge >= 0.3 is 0 Å². The summed E-state index contributed by atoms with van der Waals surface area (Å²) in [5.74, 6) is -0.1000. The molecule has 0 bridgehead atoms. The van der Waals surface area contributed by atoms with Crippen LogP contribution in [-0.4, -0.2) is 28.6 Å². The number of ether oxygens (including phenoxy) is 1. The van der Waals surface area contributed by atoms with Crippen molar-refractivity contribution in [2.75, 3.05) is 11.9 Å². The van der Waals surface area contributed by atoms with Crippen LogP contribution >= 0.6 is 23.2 Å². The van der Waals surface area contributed by atoms with E-state index in [0.29, 0.717) is 13.0 Å². The highest BCUT2D eigenvalue weighted by atomic mass is 35.5. The second-order valence-corrected chi connectivity index (χ2v) is 4.63. The van der Waals surface area contributed by atoms with Gasteiger partial charge in [0.05, 0.1) is 18.6 Å². The SMILES string of the molecule is CC1CC(C(=O)Nc2ncnc(Cl)c2Cl)CO1. The van der Waals surface area contributed by atoms with E-state index in [2.05, 4.69) is 15.3 Å². The zero-order valence-electron chi connectivity index (χ0n) is 9.11. The summed E-state index contributed by atoms with van der Waals surface area (Å²) in [4.78, 5) is 19.4. The van der Waals surface area contributed by atoms with E-state index in [1.807, 2.05) is 6.92 Å². The number of carbonyl (C=O) groups is 1. The van der Waals surface area contributed by atoms with Crippen molar-refractivity contribution >= 4 is 34.9 Å². The van der Waals surface area contributed by atoms with Gasteiger partial charge in [0.1, 0.15) is 11.3 Å². The summed E-state index contributed by atoms with van der Waals surface area (Å²) in [7, 11) is 0. The van der Waals surface area contributed by atoms with E-state index in [4.69, 9.17) is 27.9 Å². The van der Waals surface area contributed by atoms with Gasteiger partial charge in [-0.2, -0.15) is 0 Å². The maximum absolute atomic E-state index is 11.9. The van der Waals surface area contributed by atoms with Crippen LogP contribution in [0.1, 0.15) is 13.3 Å². The number of nitrogens with zero attached hydrogens (tertiary/aromatic N) is 2. The molecule has 2 atom stereocenters. The highest BCUT2D eigenvalue weighted by Gasteiger charge is 2.28. The summed E-state index contributed by atoms with van der Waals surface area (Å²) in [5, 5.41) is 2.89. The Hall–Kier alpha value is -0.910. The molecule has 0 aromatic carbocycles. The number of rotatable bonds is 2. The number of halogens is 2. The smallest absolute Gasteiger partial charge is 0.231 e. The highest BCUT2D eigenvalue weighted by Crippen LogP contribution is 2.27. The van der Waals surface area contributed by atoms with Crippen LogP contribution in [0.25, 0.3) is 0 Å². The molecule has 2 unspecified atom stereocenters. The third-order valence-corrected chi connectivity index (χ3v) is 3.30. The van der Waals surface area contributed by atoms with Gasteiger partial charge in [-0.25, -0.2) is 9.97 Å². The van der Waals surface area contributed by atoms with Crippen LogP contribution in [0.3, 0.4) is 0 Å². The largest absolute Gasteiger partial charge is 0.378 e. The molecule has 2 heterocycles. The minimum absolute atomic E-state index is 0.107. The minimum Gasteiger partial charge on any atom is -0.378 e. The topological polar surface area (TPSA) is 64.1 Å². The van der Waals surface area contributed by atoms with Gasteiger partial charge in [0.25, 0.3) is 0 Å². The lowest BCUT2D eigenvalue weighted by Crippen LogP contribution is -2.23. The van der Waals surface area contributed by atoms with E-state index in [0.717, 1.165) is 0 Å². The van der Waals surface area contributed by atoms with Gasteiger partial charge in [-0.1, -0.05) is 23.2 Å². The molecule has 1 fully saturated rings. The first-order valence-corrected chi connectivity index (χ1v) is 5.92. The van der Waals surface area contributed by atoms with E-state index in [-0.39, 0.29) is 33.9 Å². The summed E-state index contributed by atoms with van der Waals surface area (Å²) in [5.41, 5.74) is 0. The van der Waals surface area contributed by atoms with E-state index in [1.54, 1.807) is 0 Å². The number of carbonyl (C=O) groups excluding carboxylic acids is 1. The van der Waals surface area contributed by atoms with Crippen LogP contribution in [0, 0.1) is 5.92 Å². The van der Waals surface area contributed by atoms with Crippen molar-refractivity contribution in [2.24, 2.45) is 5.92 Å². The first-order valence-electron chi connectivity index (χ1n) is 5.16. The van der Waals surface area contributed by atoms with Gasteiger partial charge in [0, 0.05) is 0 Å². The Kier molecular flexibility index (Phi) is 3.81. The molecule has 0 radical (unpaired) electrons. The van der Waals surface area contributed by atoms with Gasteiger partial charge < -0.3 is 10.1 Å². The molecule has 1 amide bonds. The van der Waals surface area contributed by atoms with Crippen LogP contribution in [-0.2, 0) is 9.53 Å². The van der Waals surface area contributed by atoms with Crippen molar-refractivity contribution in [3.05, 3.63) is 16.5 Å². The zero-order chi connectivity index (χ0) is 12.4. The molecule has 0 aliphatic carbocycles. The normalized spacial score (nSPS) is 23.7. The summed E-state index contributed by atoms with van der Waals surface area (Å²) >= 11 is 11.6. The quantitative estimate of drug-likeness (QED) is 0.840. The van der Waals surface area contributed by atoms with E-state index < -0.39 is 0 Å². The molecule has 0 spiro atoms. The van der Waals surface area contributed by atoms with Crippen molar-refractivity contribution < 1.29 is 9.53 Å². The number of anilines is 1. The molecule has 1 N–H and O–H groups in total. The molecular weight excluding hydrogens is 265 g/mol. The first kappa shape index (κ1) is 12.5. The molecule has 0 saturated carbocycles. The molecule has 5 nitrogen and oxygen atoms in total. The lowest BCUT2D eigenvalue weighted by Gasteiger charge is -2.09. The van der Waals surface area contributed by atoms with Gasteiger partial charge in [-0.15, -0.1) is 0 Å². The van der Waals surface area contributed by atoms with Crippen LogP contribution in [0.15, 0.2) is 6.33 Å². The van der Waals surface area contributed by atoms with Crippen molar-refractivity contribution in [1.82, 2.24) is 9.97 Å². The van der Waals surface area contributed by atoms with Gasteiger partial charge in [-0.05, 0) is 13.3 Å². The molecule has 1 aliphatic heterocycles. The number of amides is 1. The zero-order valence-corrected chi connectivity index (χ0v) is 10.6. The minimum atomic E-state index is -0.171. The monoisotopic (exact) mass is 275 g/mol. The fourth-order valence-electron chi connectivity index (χ4n) is 1.65. The molecule has 1 saturated heterocycles. The first-order chi connectivity index (χ1) is 8.08. The van der Waals surface area contributed by atoms with Crippen LogP contribution in [0.2, 0.25) is 10.2 Å². The standard InChI is InChI=1S/C10H11Cl2N3O2/c1-5-2-6(3-17-5)10(16)15-9-7(11)8(12)13-4-14-9/h4-6H,2-3H2,1H3,(H,13,14,15,16). The van der Waals surface area contributed by atoms with Gasteiger partial charge in [0.2, 0.25) is 5.91 Å². The Morgan fingerprint density at radius 3 is 2.94 bits per heavy atom. The predicted molar refractivity (Wildman–Crippen MR) is 64.2 cm³/mol. The average Bonchev–Trinajstić information content (AvgIpc) is 2.72. The average molecular weight is 276 g/mol. The second kappa shape index (κ2) is 5.16. The summed E-state index contributed by atoms with van der Waals surface area (Å²) in [6, 6.07) is 0. The molecule has 2 rings (SSSR count). The van der Waals surface area contributed by atoms with Crippen molar-refractivity contribution in [2.45, 2.75) is 19.4 Å². The third kappa shape index (κ3) is 2.86. The van der Waals surface area contributed by atoms with E-state index in [9.17, 15) is 4.79 Å². The van der Waals surface area contributed by atoms with E-state index >= 15 is 0 Å². The molecule has 1 aromatic heterocycles. The lowest BCUT2D eigenvalue weighted by molar-refractivity contribution is -0.119. The number of hydrogen-bond acceptors (Lipinski definition) is 4. The van der Waals surface area contributed by atoms with E-state index in [1.165, 1.54) is 6.33 Å². The van der Waals surface area contributed by atoms with Crippen molar-refractivity contribution in [1.29, 1.82) is 0 Å². The van der Waals surface area contributed by atoms with Gasteiger partial charge in [-0.3, -0.25) is 4.79 Å². The third-order valence-electron chi connectivity index (χ3n) is 2.56. The Balaban J connectivity index is 2.06.